The van der Waals surface area contributed by atoms with Crippen LogP contribution < -0.4 is 5.32 Å². The van der Waals surface area contributed by atoms with Gasteiger partial charge >= 0.3 is 11.9 Å². The van der Waals surface area contributed by atoms with Crippen LogP contribution in [-0.2, 0) is 19.1 Å². The molecule has 0 spiro atoms. The summed E-state index contributed by atoms with van der Waals surface area (Å²) in [6.45, 7) is 1.53. The van der Waals surface area contributed by atoms with E-state index in [1.54, 1.807) is 0 Å². The highest BCUT2D eigenvalue weighted by Crippen LogP contribution is 2.00. The zero-order valence-corrected chi connectivity index (χ0v) is 9.49. The van der Waals surface area contributed by atoms with Gasteiger partial charge < -0.3 is 15.2 Å². The van der Waals surface area contributed by atoms with Gasteiger partial charge in [0.15, 0.2) is 0 Å². The predicted molar refractivity (Wildman–Crippen MR) is 55.7 cm³/mol. The van der Waals surface area contributed by atoms with Crippen molar-refractivity contribution in [3.05, 3.63) is 0 Å². The van der Waals surface area contributed by atoms with Gasteiger partial charge in [0.2, 0.25) is 5.91 Å². The lowest BCUT2D eigenvalue weighted by Crippen LogP contribution is -2.39. The fraction of sp³-hybridized carbons (Fsp3) is 0.700. The Morgan fingerprint density at radius 3 is 2.31 bits per heavy atom. The fourth-order valence-electron chi connectivity index (χ4n) is 1.11. The minimum Gasteiger partial charge on any atom is -0.481 e. The largest absolute Gasteiger partial charge is 0.481 e. The Morgan fingerprint density at radius 1 is 1.25 bits per heavy atom. The Kier molecular flexibility index (Phi) is 6.91. The molecule has 1 amide bonds. The van der Waals surface area contributed by atoms with E-state index in [1.807, 2.05) is 0 Å². The number of aliphatic carboxylic acids is 1. The molecule has 0 aliphatic heterocycles. The Hall–Kier alpha value is -1.59. The van der Waals surface area contributed by atoms with Gasteiger partial charge in [-0.05, 0) is 19.8 Å². The maximum absolute atomic E-state index is 11.3. The van der Waals surface area contributed by atoms with Crippen LogP contribution in [0.15, 0.2) is 0 Å². The first-order valence-electron chi connectivity index (χ1n) is 5.06. The Morgan fingerprint density at radius 2 is 1.81 bits per heavy atom. The second-order valence-corrected chi connectivity index (χ2v) is 3.41. The first kappa shape index (κ1) is 14.4. The lowest BCUT2D eigenvalue weighted by Gasteiger charge is -2.10. The maximum Gasteiger partial charge on any atom is 0.328 e. The molecule has 0 fully saturated rings. The van der Waals surface area contributed by atoms with E-state index < -0.39 is 18.0 Å². The molecule has 0 heterocycles. The van der Waals surface area contributed by atoms with Crippen LogP contribution >= 0.6 is 0 Å². The summed E-state index contributed by atoms with van der Waals surface area (Å²) in [4.78, 5) is 32.4. The molecule has 0 aromatic carbocycles. The summed E-state index contributed by atoms with van der Waals surface area (Å²) in [6, 6.07) is -0.669. The van der Waals surface area contributed by atoms with Crippen molar-refractivity contribution in [1.82, 2.24) is 5.32 Å². The first-order chi connectivity index (χ1) is 7.47. The van der Waals surface area contributed by atoms with Crippen molar-refractivity contribution in [2.75, 3.05) is 7.11 Å². The lowest BCUT2D eigenvalue weighted by molar-refractivity contribution is -0.144. The van der Waals surface area contributed by atoms with Crippen LogP contribution in [0.1, 0.15) is 32.6 Å². The highest BCUT2D eigenvalue weighted by Gasteiger charge is 2.15. The van der Waals surface area contributed by atoms with E-state index in [1.165, 1.54) is 14.0 Å². The third kappa shape index (κ3) is 6.80. The molecule has 0 aliphatic carbocycles. The zero-order chi connectivity index (χ0) is 12.6. The SMILES string of the molecule is COC(=O)[C@H](C)NC(=O)CCCCC(=O)O. The average Bonchev–Trinajstić information content (AvgIpc) is 2.22. The van der Waals surface area contributed by atoms with Crippen LogP contribution in [0.4, 0.5) is 0 Å². The van der Waals surface area contributed by atoms with Crippen molar-refractivity contribution in [2.24, 2.45) is 0 Å². The number of amides is 1. The number of carboxylic acids is 1. The molecule has 92 valence electrons. The summed E-state index contributed by atoms with van der Waals surface area (Å²) in [5, 5.41) is 10.8. The Balaban J connectivity index is 3.66. The standard InChI is InChI=1S/C10H17NO5/c1-7(10(15)16-2)11-8(12)5-3-4-6-9(13)14/h7H,3-6H2,1-2H3,(H,11,12)(H,13,14)/t7-/m0/s1. The van der Waals surface area contributed by atoms with Crippen LogP contribution in [0.3, 0.4) is 0 Å². The molecule has 2 N–H and O–H groups in total. The Bertz CT molecular complexity index is 264. The molecule has 1 atom stereocenters. The van der Waals surface area contributed by atoms with Gasteiger partial charge in [-0.2, -0.15) is 0 Å². The van der Waals surface area contributed by atoms with Gasteiger partial charge in [0.05, 0.1) is 7.11 Å². The molecule has 6 heteroatoms. The molecule has 0 aromatic rings. The van der Waals surface area contributed by atoms with Crippen LogP contribution in [-0.4, -0.2) is 36.1 Å². The molecule has 0 rings (SSSR count). The quantitative estimate of drug-likeness (QED) is 0.486. The minimum atomic E-state index is -0.872. The van der Waals surface area contributed by atoms with Crippen molar-refractivity contribution < 1.29 is 24.2 Å². The normalized spacial score (nSPS) is 11.6. The van der Waals surface area contributed by atoms with Crippen molar-refractivity contribution in [1.29, 1.82) is 0 Å². The number of hydrogen-bond donors (Lipinski definition) is 2. The number of carboxylic acid groups (broad SMARTS) is 1. The molecule has 0 saturated carbocycles. The topological polar surface area (TPSA) is 92.7 Å². The van der Waals surface area contributed by atoms with Crippen LogP contribution in [0.5, 0.6) is 0 Å². The van der Waals surface area contributed by atoms with Gasteiger partial charge in [-0.15, -0.1) is 0 Å². The third-order valence-electron chi connectivity index (χ3n) is 1.98. The molecule has 0 radical (unpaired) electrons. The molecule has 0 aliphatic rings. The van der Waals surface area contributed by atoms with Gasteiger partial charge in [0.1, 0.15) is 6.04 Å². The maximum atomic E-state index is 11.3. The van der Waals surface area contributed by atoms with E-state index in [-0.39, 0.29) is 18.7 Å². The number of esters is 1. The van der Waals surface area contributed by atoms with E-state index in [0.717, 1.165) is 0 Å². The van der Waals surface area contributed by atoms with E-state index >= 15 is 0 Å². The molecule has 0 aromatic heterocycles. The number of carbonyl (C=O) groups is 3. The predicted octanol–water partition coefficient (Wildman–Crippen LogP) is 0.309. The van der Waals surface area contributed by atoms with Crippen LogP contribution in [0.25, 0.3) is 0 Å². The van der Waals surface area contributed by atoms with Gasteiger partial charge in [0.25, 0.3) is 0 Å². The number of unbranched alkanes of at least 4 members (excludes halogenated alkanes) is 1. The van der Waals surface area contributed by atoms with Crippen molar-refractivity contribution >= 4 is 17.8 Å². The van der Waals surface area contributed by atoms with Crippen LogP contribution in [0, 0.1) is 0 Å². The molecule has 6 nitrogen and oxygen atoms in total. The smallest absolute Gasteiger partial charge is 0.328 e. The van der Waals surface area contributed by atoms with Crippen molar-refractivity contribution in [3.63, 3.8) is 0 Å². The minimum absolute atomic E-state index is 0.0554. The lowest BCUT2D eigenvalue weighted by atomic mass is 10.2. The van der Waals surface area contributed by atoms with Crippen LogP contribution in [0.2, 0.25) is 0 Å². The third-order valence-corrected chi connectivity index (χ3v) is 1.98. The highest BCUT2D eigenvalue weighted by atomic mass is 16.5. The summed E-state index contributed by atoms with van der Waals surface area (Å²) in [5.41, 5.74) is 0. The monoisotopic (exact) mass is 231 g/mol. The second kappa shape index (κ2) is 7.67. The summed E-state index contributed by atoms with van der Waals surface area (Å²) in [6.07, 6.45) is 1.22. The average molecular weight is 231 g/mol. The highest BCUT2D eigenvalue weighted by molar-refractivity contribution is 5.84. The van der Waals surface area contributed by atoms with Gasteiger partial charge in [0, 0.05) is 12.8 Å². The summed E-state index contributed by atoms with van der Waals surface area (Å²) in [7, 11) is 1.25. The summed E-state index contributed by atoms with van der Waals surface area (Å²) >= 11 is 0. The summed E-state index contributed by atoms with van der Waals surface area (Å²) in [5.74, 6) is -1.65. The summed E-state index contributed by atoms with van der Waals surface area (Å²) < 4.78 is 4.44. The fourth-order valence-corrected chi connectivity index (χ4v) is 1.11. The number of carbonyl (C=O) groups excluding carboxylic acids is 2. The van der Waals surface area contributed by atoms with Gasteiger partial charge in [-0.1, -0.05) is 0 Å². The van der Waals surface area contributed by atoms with Crippen molar-refractivity contribution in [3.8, 4) is 0 Å². The number of rotatable bonds is 7. The van der Waals surface area contributed by atoms with Gasteiger partial charge in [-0.25, -0.2) is 4.79 Å². The zero-order valence-electron chi connectivity index (χ0n) is 9.49. The number of methoxy groups -OCH3 is 1. The Labute approximate surface area is 94.0 Å². The van der Waals surface area contributed by atoms with Gasteiger partial charge in [-0.3, -0.25) is 9.59 Å². The molecular formula is C10H17NO5. The number of nitrogens with one attached hydrogen (secondary N) is 1. The van der Waals surface area contributed by atoms with Crippen molar-refractivity contribution in [2.45, 2.75) is 38.6 Å². The van der Waals surface area contributed by atoms with E-state index in [9.17, 15) is 14.4 Å². The van der Waals surface area contributed by atoms with E-state index in [2.05, 4.69) is 10.1 Å². The number of hydrogen-bond acceptors (Lipinski definition) is 4. The molecule has 16 heavy (non-hydrogen) atoms. The molecule has 0 saturated heterocycles. The second-order valence-electron chi connectivity index (χ2n) is 3.41. The molecular weight excluding hydrogens is 214 g/mol. The molecule has 0 unspecified atom stereocenters. The van der Waals surface area contributed by atoms with E-state index in [0.29, 0.717) is 12.8 Å². The first-order valence-corrected chi connectivity index (χ1v) is 5.06. The van der Waals surface area contributed by atoms with E-state index in [4.69, 9.17) is 5.11 Å². The number of ether oxygens (including phenoxy) is 1. The molecule has 0 bridgehead atoms.